The Bertz CT molecular complexity index is 623. The fraction of sp³-hybridized carbons (Fsp3) is 0.500. The van der Waals surface area contributed by atoms with E-state index in [1.54, 1.807) is 0 Å². The van der Waals surface area contributed by atoms with Gasteiger partial charge in [-0.1, -0.05) is 15.9 Å². The molecule has 4 unspecified atom stereocenters. The van der Waals surface area contributed by atoms with Crippen LogP contribution in [0.2, 0.25) is 0 Å². The Morgan fingerprint density at radius 1 is 1.45 bits per heavy atom. The van der Waals surface area contributed by atoms with Crippen LogP contribution in [0.15, 0.2) is 20.8 Å². The average Bonchev–Trinajstić information content (AvgIpc) is 2.68. The van der Waals surface area contributed by atoms with Gasteiger partial charge in [-0.15, -0.1) is 0 Å². The highest BCUT2D eigenvalue weighted by atomic mass is 79.9. The molecule has 0 amide bonds. The number of nitrogens with one attached hydrogen (secondary N) is 1. The molecule has 0 spiro atoms. The number of hydrogen-bond donors (Lipinski definition) is 4. The summed E-state index contributed by atoms with van der Waals surface area (Å²) in [6.07, 6.45) is 0.985. The standard InChI is InChI=1S/C12H15BrN2O5/c13-2-1-6-4-15(12(20)14-11(6)19)8-3-9(17)7(5-16)10(8)18/h1-2,4,7-10,16-18H,3,5H2,(H,14,19,20)/b2-1+. The summed E-state index contributed by atoms with van der Waals surface area (Å²) in [7, 11) is 0. The smallest absolute Gasteiger partial charge is 0.328 e. The van der Waals surface area contributed by atoms with E-state index in [1.807, 2.05) is 0 Å². The predicted octanol–water partition coefficient (Wildman–Crippen LogP) is -0.823. The highest BCUT2D eigenvalue weighted by Crippen LogP contribution is 2.34. The van der Waals surface area contributed by atoms with E-state index >= 15 is 0 Å². The minimum absolute atomic E-state index is 0.135. The molecule has 1 fully saturated rings. The van der Waals surface area contributed by atoms with Crippen molar-refractivity contribution in [2.24, 2.45) is 5.92 Å². The Hall–Kier alpha value is -1.22. The van der Waals surface area contributed by atoms with Crippen molar-refractivity contribution in [3.8, 4) is 0 Å². The van der Waals surface area contributed by atoms with Gasteiger partial charge in [0.1, 0.15) is 0 Å². The van der Waals surface area contributed by atoms with Gasteiger partial charge in [0, 0.05) is 12.1 Å². The van der Waals surface area contributed by atoms with Crippen LogP contribution in [0.3, 0.4) is 0 Å². The molecule has 1 heterocycles. The summed E-state index contributed by atoms with van der Waals surface area (Å²) in [5.41, 5.74) is -0.944. The number of aliphatic hydroxyl groups is 3. The number of aromatic amines is 1. The summed E-state index contributed by atoms with van der Waals surface area (Å²) < 4.78 is 1.19. The molecular weight excluding hydrogens is 332 g/mol. The monoisotopic (exact) mass is 346 g/mol. The van der Waals surface area contributed by atoms with Gasteiger partial charge < -0.3 is 15.3 Å². The zero-order valence-electron chi connectivity index (χ0n) is 10.4. The lowest BCUT2D eigenvalue weighted by Gasteiger charge is -2.20. The zero-order chi connectivity index (χ0) is 14.9. The maximum absolute atomic E-state index is 11.8. The van der Waals surface area contributed by atoms with E-state index in [0.29, 0.717) is 0 Å². The Morgan fingerprint density at radius 2 is 2.15 bits per heavy atom. The third-order valence-corrected chi connectivity index (χ3v) is 3.88. The molecule has 1 aliphatic rings. The highest BCUT2D eigenvalue weighted by Gasteiger charge is 2.42. The van der Waals surface area contributed by atoms with Crippen LogP contribution in [0.5, 0.6) is 0 Å². The van der Waals surface area contributed by atoms with E-state index < -0.39 is 35.4 Å². The number of nitrogens with zero attached hydrogens (tertiary/aromatic N) is 1. The second kappa shape index (κ2) is 6.04. The Kier molecular flexibility index (Phi) is 4.59. The lowest BCUT2D eigenvalue weighted by molar-refractivity contribution is 0.0207. The average molecular weight is 347 g/mol. The largest absolute Gasteiger partial charge is 0.396 e. The summed E-state index contributed by atoms with van der Waals surface area (Å²) in [6.45, 7) is -0.370. The summed E-state index contributed by atoms with van der Waals surface area (Å²) >= 11 is 3.05. The third kappa shape index (κ3) is 2.64. The molecule has 1 aromatic heterocycles. The first-order valence-electron chi connectivity index (χ1n) is 6.08. The number of halogens is 1. The van der Waals surface area contributed by atoms with Crippen molar-refractivity contribution in [2.75, 3.05) is 6.61 Å². The molecule has 1 saturated carbocycles. The Labute approximate surface area is 122 Å². The van der Waals surface area contributed by atoms with Crippen LogP contribution in [0.1, 0.15) is 18.0 Å². The van der Waals surface area contributed by atoms with E-state index in [0.717, 1.165) is 0 Å². The van der Waals surface area contributed by atoms with Gasteiger partial charge in [0.05, 0.1) is 30.4 Å². The van der Waals surface area contributed by atoms with Gasteiger partial charge >= 0.3 is 5.69 Å². The second-order valence-corrected chi connectivity index (χ2v) is 5.28. The van der Waals surface area contributed by atoms with Gasteiger partial charge in [0.25, 0.3) is 5.56 Å². The van der Waals surface area contributed by atoms with E-state index in [2.05, 4.69) is 20.9 Å². The Morgan fingerprint density at radius 3 is 2.70 bits per heavy atom. The van der Waals surface area contributed by atoms with Crippen LogP contribution >= 0.6 is 15.9 Å². The normalized spacial score (nSPS) is 30.2. The molecule has 4 atom stereocenters. The van der Waals surface area contributed by atoms with Crippen molar-refractivity contribution in [2.45, 2.75) is 24.7 Å². The summed E-state index contributed by atoms with van der Waals surface area (Å²) in [5.74, 6) is -0.700. The molecule has 0 bridgehead atoms. The zero-order valence-corrected chi connectivity index (χ0v) is 12.0. The summed E-state index contributed by atoms with van der Waals surface area (Å²) in [4.78, 5) is 27.1. The van der Waals surface area contributed by atoms with E-state index in [1.165, 1.54) is 21.8 Å². The topological polar surface area (TPSA) is 116 Å². The predicted molar refractivity (Wildman–Crippen MR) is 75.5 cm³/mol. The van der Waals surface area contributed by atoms with Gasteiger partial charge in [-0.05, 0) is 17.5 Å². The molecule has 0 radical (unpaired) electrons. The third-order valence-electron chi connectivity index (χ3n) is 3.62. The maximum atomic E-state index is 11.8. The van der Waals surface area contributed by atoms with E-state index in [-0.39, 0.29) is 18.6 Å². The van der Waals surface area contributed by atoms with Gasteiger partial charge in [-0.25, -0.2) is 4.79 Å². The molecule has 2 rings (SSSR count). The Balaban J connectivity index is 2.46. The first-order chi connectivity index (χ1) is 9.49. The number of H-pyrrole nitrogens is 1. The van der Waals surface area contributed by atoms with Crippen LogP contribution in [0, 0.1) is 5.92 Å². The lowest BCUT2D eigenvalue weighted by atomic mass is 10.0. The molecule has 1 aromatic rings. The highest BCUT2D eigenvalue weighted by molar-refractivity contribution is 9.11. The van der Waals surface area contributed by atoms with Crippen LogP contribution in [0.25, 0.3) is 6.08 Å². The van der Waals surface area contributed by atoms with E-state index in [4.69, 9.17) is 5.11 Å². The number of aromatic nitrogens is 2. The first kappa shape index (κ1) is 15.2. The SMILES string of the molecule is O=c1[nH]c(=O)n(C2CC(O)C(CO)C2O)cc1/C=C/Br. The summed E-state index contributed by atoms with van der Waals surface area (Å²) in [6, 6.07) is -0.686. The van der Waals surface area contributed by atoms with Crippen molar-refractivity contribution in [3.05, 3.63) is 37.6 Å². The molecular formula is C12H15BrN2O5. The maximum Gasteiger partial charge on any atom is 0.328 e. The lowest BCUT2D eigenvalue weighted by Crippen LogP contribution is -2.37. The molecule has 8 heteroatoms. The minimum Gasteiger partial charge on any atom is -0.396 e. The molecule has 1 aliphatic carbocycles. The van der Waals surface area contributed by atoms with E-state index in [9.17, 15) is 19.8 Å². The van der Waals surface area contributed by atoms with Gasteiger partial charge in [0.2, 0.25) is 0 Å². The fourth-order valence-corrected chi connectivity index (χ4v) is 2.80. The van der Waals surface area contributed by atoms with Crippen molar-refractivity contribution < 1.29 is 15.3 Å². The van der Waals surface area contributed by atoms with Crippen LogP contribution < -0.4 is 11.2 Å². The molecule has 0 aromatic carbocycles. The molecule has 0 aliphatic heterocycles. The van der Waals surface area contributed by atoms with Crippen LogP contribution in [-0.2, 0) is 0 Å². The van der Waals surface area contributed by atoms with Gasteiger partial charge in [0.15, 0.2) is 0 Å². The van der Waals surface area contributed by atoms with Crippen molar-refractivity contribution >= 4 is 22.0 Å². The van der Waals surface area contributed by atoms with Gasteiger partial charge in [-0.3, -0.25) is 14.3 Å². The van der Waals surface area contributed by atoms with Crippen molar-refractivity contribution in [1.29, 1.82) is 0 Å². The summed E-state index contributed by atoms with van der Waals surface area (Å²) in [5, 5.41) is 29.0. The molecule has 7 nitrogen and oxygen atoms in total. The number of aliphatic hydroxyl groups excluding tert-OH is 3. The molecule has 4 N–H and O–H groups in total. The van der Waals surface area contributed by atoms with Crippen molar-refractivity contribution in [3.63, 3.8) is 0 Å². The number of rotatable bonds is 3. The molecule has 20 heavy (non-hydrogen) atoms. The molecule has 0 saturated heterocycles. The molecule has 110 valence electrons. The quantitative estimate of drug-likeness (QED) is 0.570. The van der Waals surface area contributed by atoms with Crippen LogP contribution in [0.4, 0.5) is 0 Å². The first-order valence-corrected chi connectivity index (χ1v) is 7.00. The van der Waals surface area contributed by atoms with Crippen molar-refractivity contribution in [1.82, 2.24) is 9.55 Å². The van der Waals surface area contributed by atoms with Crippen LogP contribution in [-0.4, -0.2) is 43.7 Å². The minimum atomic E-state index is -1.06. The fourth-order valence-electron chi connectivity index (χ4n) is 2.52. The second-order valence-electron chi connectivity index (χ2n) is 4.75. The van der Waals surface area contributed by atoms with Gasteiger partial charge in [-0.2, -0.15) is 0 Å². The number of hydrogen-bond acceptors (Lipinski definition) is 5.